The number of rotatable bonds is 6. The van der Waals surface area contributed by atoms with E-state index in [-0.39, 0.29) is 5.91 Å². The number of methoxy groups -OCH3 is 1. The van der Waals surface area contributed by atoms with Gasteiger partial charge < -0.3 is 14.8 Å². The molecule has 0 bridgehead atoms. The summed E-state index contributed by atoms with van der Waals surface area (Å²) >= 11 is 0. The Morgan fingerprint density at radius 1 is 1.14 bits per heavy atom. The molecular formula is C18H21NO3. The quantitative estimate of drug-likeness (QED) is 0.890. The summed E-state index contributed by atoms with van der Waals surface area (Å²) in [6.45, 7) is 4.84. The van der Waals surface area contributed by atoms with Gasteiger partial charge in [-0.1, -0.05) is 18.2 Å². The van der Waals surface area contributed by atoms with Crippen molar-refractivity contribution in [2.75, 3.05) is 13.7 Å². The summed E-state index contributed by atoms with van der Waals surface area (Å²) in [5.41, 5.74) is 2.52. The molecule has 0 radical (unpaired) electrons. The lowest BCUT2D eigenvalue weighted by atomic mass is 10.1. The minimum Gasteiger partial charge on any atom is -0.496 e. The second kappa shape index (κ2) is 7.50. The molecule has 4 nitrogen and oxygen atoms in total. The van der Waals surface area contributed by atoms with Gasteiger partial charge in [0.1, 0.15) is 18.1 Å². The Morgan fingerprint density at radius 2 is 1.91 bits per heavy atom. The van der Waals surface area contributed by atoms with Crippen molar-refractivity contribution in [3.05, 3.63) is 59.2 Å². The summed E-state index contributed by atoms with van der Waals surface area (Å²) in [5, 5.41) is 2.79. The van der Waals surface area contributed by atoms with Gasteiger partial charge in [-0.15, -0.1) is 0 Å². The third kappa shape index (κ3) is 3.79. The van der Waals surface area contributed by atoms with E-state index in [1.165, 1.54) is 0 Å². The molecule has 0 saturated carbocycles. The van der Waals surface area contributed by atoms with Crippen molar-refractivity contribution in [1.82, 2.24) is 5.32 Å². The highest BCUT2D eigenvalue weighted by Crippen LogP contribution is 2.23. The molecule has 1 N–H and O–H groups in total. The average molecular weight is 299 g/mol. The molecule has 0 saturated heterocycles. The minimum atomic E-state index is -0.0951. The molecule has 116 valence electrons. The van der Waals surface area contributed by atoms with E-state index in [9.17, 15) is 4.79 Å². The molecule has 0 aromatic heterocycles. The normalized spacial score (nSPS) is 10.1. The highest BCUT2D eigenvalue weighted by molar-refractivity contribution is 5.94. The molecule has 2 rings (SSSR count). The molecule has 2 aromatic rings. The van der Waals surface area contributed by atoms with Crippen LogP contribution in [-0.2, 0) is 6.61 Å². The number of aryl methyl sites for hydroxylation is 1. The molecule has 4 heteroatoms. The molecule has 0 unspecified atom stereocenters. The number of ether oxygens (including phenoxy) is 2. The van der Waals surface area contributed by atoms with Crippen LogP contribution in [0.2, 0.25) is 0 Å². The Bertz CT molecular complexity index is 653. The van der Waals surface area contributed by atoms with E-state index in [1.807, 2.05) is 44.2 Å². The van der Waals surface area contributed by atoms with Crippen LogP contribution in [0.15, 0.2) is 42.5 Å². The van der Waals surface area contributed by atoms with E-state index < -0.39 is 0 Å². The van der Waals surface area contributed by atoms with Crippen molar-refractivity contribution < 1.29 is 14.3 Å². The van der Waals surface area contributed by atoms with Crippen molar-refractivity contribution in [2.24, 2.45) is 0 Å². The maximum Gasteiger partial charge on any atom is 0.251 e. The number of nitrogens with one attached hydrogen (secondary N) is 1. The lowest BCUT2D eigenvalue weighted by Gasteiger charge is -2.13. The topological polar surface area (TPSA) is 47.6 Å². The molecule has 2 aromatic carbocycles. The summed E-state index contributed by atoms with van der Waals surface area (Å²) in [6.07, 6.45) is 0. The molecule has 0 atom stereocenters. The zero-order valence-electron chi connectivity index (χ0n) is 13.2. The smallest absolute Gasteiger partial charge is 0.251 e. The fourth-order valence-corrected chi connectivity index (χ4v) is 2.17. The second-order valence-electron chi connectivity index (χ2n) is 4.94. The standard InChI is InChI=1S/C18H21NO3/c1-4-19-18(20)14-9-10-17(21-3)15(11-14)12-22-16-8-6-5-7-13(16)2/h5-11H,4,12H2,1-3H3,(H,19,20). The molecule has 0 aliphatic heterocycles. The Kier molecular flexibility index (Phi) is 5.42. The van der Waals surface area contributed by atoms with E-state index in [0.29, 0.717) is 24.5 Å². The first-order valence-electron chi connectivity index (χ1n) is 7.29. The van der Waals surface area contributed by atoms with Crippen LogP contribution in [0.1, 0.15) is 28.4 Å². The Balaban J connectivity index is 2.19. The summed E-state index contributed by atoms with van der Waals surface area (Å²) in [7, 11) is 1.61. The van der Waals surface area contributed by atoms with Gasteiger partial charge in [0.15, 0.2) is 0 Å². The number of hydrogen-bond acceptors (Lipinski definition) is 3. The van der Waals surface area contributed by atoms with E-state index in [0.717, 1.165) is 16.9 Å². The van der Waals surface area contributed by atoms with E-state index in [4.69, 9.17) is 9.47 Å². The molecule has 1 amide bonds. The van der Waals surface area contributed by atoms with Crippen LogP contribution >= 0.6 is 0 Å². The molecule has 0 heterocycles. The van der Waals surface area contributed by atoms with Crippen molar-refractivity contribution >= 4 is 5.91 Å². The zero-order chi connectivity index (χ0) is 15.9. The van der Waals surface area contributed by atoms with Gasteiger partial charge in [0.2, 0.25) is 0 Å². The minimum absolute atomic E-state index is 0.0951. The molecule has 0 aliphatic rings. The van der Waals surface area contributed by atoms with Crippen LogP contribution in [0, 0.1) is 6.92 Å². The summed E-state index contributed by atoms with van der Waals surface area (Å²) in [5.74, 6) is 1.44. The lowest BCUT2D eigenvalue weighted by molar-refractivity contribution is 0.0955. The van der Waals surface area contributed by atoms with Gasteiger partial charge in [0.05, 0.1) is 7.11 Å². The summed E-state index contributed by atoms with van der Waals surface area (Å²) in [4.78, 5) is 11.9. The summed E-state index contributed by atoms with van der Waals surface area (Å²) < 4.78 is 11.2. The zero-order valence-corrected chi connectivity index (χ0v) is 13.2. The third-order valence-corrected chi connectivity index (χ3v) is 3.36. The van der Waals surface area contributed by atoms with Crippen molar-refractivity contribution in [2.45, 2.75) is 20.5 Å². The maximum atomic E-state index is 11.9. The first-order chi connectivity index (χ1) is 10.7. The van der Waals surface area contributed by atoms with Crippen LogP contribution in [0.25, 0.3) is 0 Å². The van der Waals surface area contributed by atoms with Crippen LogP contribution < -0.4 is 14.8 Å². The van der Waals surface area contributed by atoms with Gasteiger partial charge in [0, 0.05) is 17.7 Å². The van der Waals surface area contributed by atoms with Gasteiger partial charge in [-0.3, -0.25) is 4.79 Å². The number of benzene rings is 2. The largest absolute Gasteiger partial charge is 0.496 e. The van der Waals surface area contributed by atoms with Crippen molar-refractivity contribution in [3.63, 3.8) is 0 Å². The highest BCUT2D eigenvalue weighted by Gasteiger charge is 2.10. The Hall–Kier alpha value is -2.49. The monoisotopic (exact) mass is 299 g/mol. The fraction of sp³-hybridized carbons (Fsp3) is 0.278. The van der Waals surface area contributed by atoms with Crippen LogP contribution in [0.4, 0.5) is 0 Å². The number of para-hydroxylation sites is 1. The van der Waals surface area contributed by atoms with Gasteiger partial charge in [-0.25, -0.2) is 0 Å². The van der Waals surface area contributed by atoms with Gasteiger partial charge in [0.25, 0.3) is 5.91 Å². The van der Waals surface area contributed by atoms with E-state index in [1.54, 1.807) is 19.2 Å². The molecule has 22 heavy (non-hydrogen) atoms. The molecule has 0 fully saturated rings. The van der Waals surface area contributed by atoms with Gasteiger partial charge in [-0.2, -0.15) is 0 Å². The molecular weight excluding hydrogens is 278 g/mol. The number of carbonyl (C=O) groups excluding carboxylic acids is 1. The van der Waals surface area contributed by atoms with Gasteiger partial charge >= 0.3 is 0 Å². The van der Waals surface area contributed by atoms with Crippen molar-refractivity contribution in [1.29, 1.82) is 0 Å². The summed E-state index contributed by atoms with van der Waals surface area (Å²) in [6, 6.07) is 13.2. The van der Waals surface area contributed by atoms with E-state index in [2.05, 4.69) is 5.32 Å². The van der Waals surface area contributed by atoms with Crippen molar-refractivity contribution in [3.8, 4) is 11.5 Å². The second-order valence-corrected chi connectivity index (χ2v) is 4.94. The predicted octanol–water partition coefficient (Wildman–Crippen LogP) is 3.33. The maximum absolute atomic E-state index is 11.9. The predicted molar refractivity (Wildman–Crippen MR) is 86.5 cm³/mol. The fourth-order valence-electron chi connectivity index (χ4n) is 2.17. The SMILES string of the molecule is CCNC(=O)c1ccc(OC)c(COc2ccccc2C)c1. The number of hydrogen-bond donors (Lipinski definition) is 1. The first-order valence-corrected chi connectivity index (χ1v) is 7.29. The Labute approximate surface area is 131 Å². The molecule has 0 spiro atoms. The number of carbonyl (C=O) groups is 1. The Morgan fingerprint density at radius 3 is 2.59 bits per heavy atom. The average Bonchev–Trinajstić information content (AvgIpc) is 2.54. The number of amides is 1. The lowest BCUT2D eigenvalue weighted by Crippen LogP contribution is -2.22. The van der Waals surface area contributed by atoms with Crippen LogP contribution in [0.3, 0.4) is 0 Å². The molecule has 0 aliphatic carbocycles. The first kappa shape index (κ1) is 15.9. The van der Waals surface area contributed by atoms with Crippen LogP contribution in [-0.4, -0.2) is 19.6 Å². The highest BCUT2D eigenvalue weighted by atomic mass is 16.5. The van der Waals surface area contributed by atoms with E-state index >= 15 is 0 Å². The van der Waals surface area contributed by atoms with Gasteiger partial charge in [-0.05, 0) is 43.7 Å². The third-order valence-electron chi connectivity index (χ3n) is 3.36. The van der Waals surface area contributed by atoms with Crippen LogP contribution in [0.5, 0.6) is 11.5 Å².